The Balaban J connectivity index is 2.76. The quantitative estimate of drug-likeness (QED) is 0.536. The van der Waals surface area contributed by atoms with Gasteiger partial charge in [0.05, 0.1) is 5.01 Å². The first-order valence-corrected chi connectivity index (χ1v) is 6.77. The van der Waals surface area contributed by atoms with E-state index in [4.69, 9.17) is 0 Å². The maximum absolute atomic E-state index is 4.18. The highest BCUT2D eigenvalue weighted by atomic mass is 127. The minimum absolute atomic E-state index is 0.881. The minimum atomic E-state index is 0.881. The third-order valence-electron chi connectivity index (χ3n) is 0.837. The first-order chi connectivity index (χ1) is 4.83. The summed E-state index contributed by atoms with van der Waals surface area (Å²) in [6.45, 7) is 1.98. The van der Waals surface area contributed by atoms with Gasteiger partial charge in [-0.15, -0.1) is 11.3 Å². The molecule has 0 saturated heterocycles. The van der Waals surface area contributed by atoms with Crippen molar-refractivity contribution in [1.29, 1.82) is 0 Å². The molecule has 0 radical (unpaired) electrons. The van der Waals surface area contributed by atoms with Gasteiger partial charge in [0.15, 0.2) is 0 Å². The van der Waals surface area contributed by atoms with Gasteiger partial charge >= 0.3 is 0 Å². The molecule has 1 rings (SSSR count). The summed E-state index contributed by atoms with van der Waals surface area (Å²) in [5, 5.41) is 5.91. The Morgan fingerprint density at radius 2 is 2.60 bits per heavy atom. The number of nitrogens with zero attached hydrogens (tertiary/aromatic N) is 1. The molecule has 0 aliphatic rings. The average Bonchev–Trinajstić information content (AvgIpc) is 2.31. The number of thiazole rings is 1. The van der Waals surface area contributed by atoms with Crippen LogP contribution in [0.25, 0.3) is 0 Å². The predicted octanol–water partition coefficient (Wildman–Crippen LogP) is 2.84. The van der Waals surface area contributed by atoms with Crippen LogP contribution in [0.5, 0.6) is 0 Å². The Kier molecular flexibility index (Phi) is 3.52. The second-order valence-electron chi connectivity index (χ2n) is 1.56. The van der Waals surface area contributed by atoms with Crippen LogP contribution in [0.4, 0.5) is 0 Å². The van der Waals surface area contributed by atoms with Gasteiger partial charge in [-0.3, -0.25) is 0 Å². The summed E-state index contributed by atoms with van der Waals surface area (Å²) in [4.78, 5) is 4.18. The Hall–Kier alpha value is 0.270. The van der Waals surface area contributed by atoms with Crippen molar-refractivity contribution in [2.45, 2.75) is 6.92 Å². The largest absolute Gasteiger partial charge is 0.233 e. The standard InChI is InChI=1S/C6H4INS2/c1-5-8-6(4-9-5)2-3-10-7/h4H,1H3. The van der Waals surface area contributed by atoms with Gasteiger partial charge in [0.25, 0.3) is 0 Å². The molecule has 1 nitrogen and oxygen atoms in total. The lowest BCUT2D eigenvalue weighted by Crippen LogP contribution is -1.71. The zero-order valence-corrected chi connectivity index (χ0v) is 9.01. The maximum Gasteiger partial charge on any atom is 0.125 e. The van der Waals surface area contributed by atoms with Crippen molar-refractivity contribution in [3.05, 3.63) is 16.1 Å². The number of hydrogen-bond donors (Lipinski definition) is 0. The molecule has 0 bridgehead atoms. The van der Waals surface area contributed by atoms with E-state index in [0.29, 0.717) is 0 Å². The Bertz CT molecular complexity index is 271. The summed E-state index contributed by atoms with van der Waals surface area (Å²) in [6, 6.07) is 0. The van der Waals surface area contributed by atoms with E-state index in [2.05, 4.69) is 37.4 Å². The van der Waals surface area contributed by atoms with E-state index in [1.807, 2.05) is 12.3 Å². The molecule has 0 atom stereocenters. The first-order valence-electron chi connectivity index (χ1n) is 2.53. The number of aryl methyl sites for hydroxylation is 1. The van der Waals surface area contributed by atoms with Crippen LogP contribution >= 0.6 is 41.5 Å². The Labute approximate surface area is 80.2 Å². The second kappa shape index (κ2) is 4.21. The van der Waals surface area contributed by atoms with Gasteiger partial charge in [-0.25, -0.2) is 4.98 Å². The fourth-order valence-electron chi connectivity index (χ4n) is 0.492. The summed E-state index contributed by atoms with van der Waals surface area (Å²) in [6.07, 6.45) is 0. The molecule has 1 heterocycles. The summed E-state index contributed by atoms with van der Waals surface area (Å²) < 4.78 is 0. The van der Waals surface area contributed by atoms with Crippen LogP contribution in [0.3, 0.4) is 0 Å². The SMILES string of the molecule is Cc1nc(C#CSI)cs1. The van der Waals surface area contributed by atoms with Gasteiger partial charge in [0.1, 0.15) is 5.69 Å². The number of aromatic nitrogens is 1. The lowest BCUT2D eigenvalue weighted by Gasteiger charge is -1.73. The van der Waals surface area contributed by atoms with Crippen LogP contribution in [0.15, 0.2) is 5.38 Å². The van der Waals surface area contributed by atoms with E-state index in [1.165, 1.54) is 8.93 Å². The van der Waals surface area contributed by atoms with Gasteiger partial charge in [0, 0.05) is 26.6 Å². The van der Waals surface area contributed by atoms with Crippen LogP contribution in [0, 0.1) is 18.1 Å². The predicted molar refractivity (Wildman–Crippen MR) is 55.3 cm³/mol. The highest BCUT2D eigenvalue weighted by Crippen LogP contribution is 2.10. The Morgan fingerprint density at radius 3 is 3.10 bits per heavy atom. The molecule has 0 saturated carbocycles. The molecular formula is C6H4INS2. The maximum atomic E-state index is 4.18. The van der Waals surface area contributed by atoms with Crippen molar-refractivity contribution in [2.24, 2.45) is 0 Å². The normalized spacial score (nSPS) is 8.60. The van der Waals surface area contributed by atoms with Crippen molar-refractivity contribution >= 4 is 41.5 Å². The van der Waals surface area contributed by atoms with E-state index in [1.54, 1.807) is 11.3 Å². The first kappa shape index (κ1) is 8.37. The molecular weight excluding hydrogens is 277 g/mol. The molecule has 1 aromatic heterocycles. The minimum Gasteiger partial charge on any atom is -0.233 e. The van der Waals surface area contributed by atoms with Crippen LogP contribution < -0.4 is 0 Å². The second-order valence-corrected chi connectivity index (χ2v) is 4.30. The van der Waals surface area contributed by atoms with Gasteiger partial charge in [0.2, 0.25) is 0 Å². The lowest BCUT2D eigenvalue weighted by molar-refractivity contribution is 1.27. The number of rotatable bonds is 0. The third kappa shape index (κ3) is 2.48. The van der Waals surface area contributed by atoms with Crippen LogP contribution in [-0.4, -0.2) is 4.98 Å². The summed E-state index contributed by atoms with van der Waals surface area (Å²) in [5.74, 6) is 2.92. The van der Waals surface area contributed by atoms with Crippen molar-refractivity contribution in [2.75, 3.05) is 0 Å². The molecule has 52 valence electrons. The molecule has 0 amide bonds. The van der Waals surface area contributed by atoms with E-state index < -0.39 is 0 Å². The van der Waals surface area contributed by atoms with Gasteiger partial charge in [-0.1, -0.05) is 0 Å². The van der Waals surface area contributed by atoms with Gasteiger partial charge < -0.3 is 0 Å². The fourth-order valence-corrected chi connectivity index (χ4v) is 1.51. The molecule has 4 heteroatoms. The van der Waals surface area contributed by atoms with Crippen molar-refractivity contribution in [3.63, 3.8) is 0 Å². The van der Waals surface area contributed by atoms with Crippen LogP contribution in [0.1, 0.15) is 10.7 Å². The zero-order chi connectivity index (χ0) is 7.40. The monoisotopic (exact) mass is 281 g/mol. The van der Waals surface area contributed by atoms with E-state index in [9.17, 15) is 0 Å². The lowest BCUT2D eigenvalue weighted by atomic mass is 10.5. The molecule has 0 fully saturated rings. The summed E-state index contributed by atoms with van der Waals surface area (Å²) in [7, 11) is 1.48. The molecule has 0 aliphatic carbocycles. The van der Waals surface area contributed by atoms with E-state index in [0.717, 1.165) is 10.7 Å². The number of hydrogen-bond acceptors (Lipinski definition) is 3. The summed E-state index contributed by atoms with van der Waals surface area (Å²) >= 11 is 3.77. The fraction of sp³-hybridized carbons (Fsp3) is 0.167. The van der Waals surface area contributed by atoms with Crippen molar-refractivity contribution < 1.29 is 0 Å². The van der Waals surface area contributed by atoms with Gasteiger partial charge in [-0.05, 0) is 27.0 Å². The molecule has 0 aromatic carbocycles. The molecule has 0 spiro atoms. The highest BCUT2D eigenvalue weighted by molar-refractivity contribution is 14.2. The van der Waals surface area contributed by atoms with E-state index in [-0.39, 0.29) is 0 Å². The molecule has 10 heavy (non-hydrogen) atoms. The average molecular weight is 281 g/mol. The van der Waals surface area contributed by atoms with Crippen LogP contribution in [0.2, 0.25) is 0 Å². The Morgan fingerprint density at radius 1 is 1.80 bits per heavy atom. The summed E-state index contributed by atoms with van der Waals surface area (Å²) in [5.41, 5.74) is 0.881. The van der Waals surface area contributed by atoms with Crippen molar-refractivity contribution in [3.8, 4) is 11.2 Å². The van der Waals surface area contributed by atoms with E-state index >= 15 is 0 Å². The number of halogens is 1. The topological polar surface area (TPSA) is 12.9 Å². The molecule has 1 aromatic rings. The molecule has 0 unspecified atom stereocenters. The van der Waals surface area contributed by atoms with Crippen LogP contribution in [-0.2, 0) is 0 Å². The smallest absolute Gasteiger partial charge is 0.125 e. The van der Waals surface area contributed by atoms with Crippen molar-refractivity contribution in [1.82, 2.24) is 4.98 Å². The van der Waals surface area contributed by atoms with Gasteiger partial charge in [-0.2, -0.15) is 0 Å². The zero-order valence-electron chi connectivity index (χ0n) is 5.22. The third-order valence-corrected chi connectivity index (χ3v) is 2.45. The highest BCUT2D eigenvalue weighted by Gasteiger charge is 1.90. The molecule has 0 N–H and O–H groups in total. The molecule has 0 aliphatic heterocycles.